The number of likely N-dealkylation sites (N-methyl/N-ethyl adjacent to an activating group) is 2. The van der Waals surface area contributed by atoms with Gasteiger partial charge >= 0.3 is 7.71 Å². The van der Waals surface area contributed by atoms with Crippen LogP contribution in [0.5, 0.6) is 0 Å². The number of aliphatic hydroxyl groups is 1. The molecule has 0 bridgehead atoms. The minimum Gasteiger partial charge on any atom is -0.392 e. The Balaban J connectivity index is 0.000000635. The summed E-state index contributed by atoms with van der Waals surface area (Å²) in [5.41, 5.74) is 0. The summed E-state index contributed by atoms with van der Waals surface area (Å²) < 4.78 is 15.5. The summed E-state index contributed by atoms with van der Waals surface area (Å²) in [6.07, 6.45) is 18.1. The van der Waals surface area contributed by atoms with Crippen molar-refractivity contribution in [1.82, 2.24) is 9.13 Å². The number of Topliss-reactive ketones (excluding diaryl/α,β-unsaturated/α-hetero) is 1. The van der Waals surface area contributed by atoms with Gasteiger partial charge in [-0.15, -0.1) is 54.0 Å². The molecule has 0 radical (unpaired) electrons. The lowest BCUT2D eigenvalue weighted by Crippen LogP contribution is -2.55. The molecule has 47 heavy (non-hydrogen) atoms. The first kappa shape index (κ1) is 46.4. The standard InChI is InChI=1S/C13H25ClN2Si.C11H19ClO2.C6H11Cl.C6H10O3/c1-4-11-17(14)15(5-2)12-9-7-8-10-13(12)16(17)6-3;1-3-10(6-4-5-7-12)11(14)8-9(2)13;1-2-3-4-5-6-7;1-6(2-3-7)8-4-5-9-6/h4,12-13H,1,5-11H2,2-3H3;3,10-11,14H,1,4-8H2,2H3;2H,1,3-6H2;3H,2,4-5H2,1H3/t12-,13?,17?;10-,11-;;/m00../s1. The number of aldehydes is 1. The molecular weight excluding hydrogens is 675 g/mol. The maximum absolute atomic E-state index is 10.8. The molecule has 11 heteroatoms. The minimum atomic E-state index is -1.95. The van der Waals surface area contributed by atoms with Crippen molar-refractivity contribution < 1.29 is 24.2 Å². The first-order valence-corrected chi connectivity index (χ1v) is 21.7. The summed E-state index contributed by atoms with van der Waals surface area (Å²) in [7, 11) is -1.95. The minimum absolute atomic E-state index is 0.0155. The van der Waals surface area contributed by atoms with E-state index in [4.69, 9.17) is 43.8 Å². The van der Waals surface area contributed by atoms with Gasteiger partial charge in [-0.3, -0.25) is 13.9 Å². The fraction of sp³-hybridized carbons (Fsp3) is 0.778. The van der Waals surface area contributed by atoms with E-state index in [1.807, 2.05) is 12.2 Å². The van der Waals surface area contributed by atoms with E-state index in [2.05, 4.69) is 42.7 Å². The van der Waals surface area contributed by atoms with E-state index in [0.29, 0.717) is 25.5 Å². The fourth-order valence-corrected chi connectivity index (χ4v) is 12.4. The van der Waals surface area contributed by atoms with Gasteiger partial charge in [0, 0.05) is 42.2 Å². The summed E-state index contributed by atoms with van der Waals surface area (Å²) in [6, 6.07) is 2.43. The third kappa shape index (κ3) is 17.3. The second kappa shape index (κ2) is 27.2. The van der Waals surface area contributed by atoms with Gasteiger partial charge in [-0.1, -0.05) is 51.3 Å². The lowest BCUT2D eigenvalue weighted by atomic mass is 9.90. The highest BCUT2D eigenvalue weighted by Crippen LogP contribution is 2.43. The predicted molar refractivity (Wildman–Crippen MR) is 203 cm³/mol. The fourth-order valence-electron chi connectivity index (χ4n) is 6.46. The van der Waals surface area contributed by atoms with Gasteiger partial charge < -0.3 is 19.4 Å². The zero-order valence-corrected chi connectivity index (χ0v) is 33.1. The van der Waals surface area contributed by atoms with Crippen molar-refractivity contribution in [3.63, 3.8) is 0 Å². The average Bonchev–Trinajstić information content (AvgIpc) is 3.57. The Hall–Kier alpha value is -0.553. The first-order valence-electron chi connectivity index (χ1n) is 17.6. The lowest BCUT2D eigenvalue weighted by molar-refractivity contribution is -0.151. The van der Waals surface area contributed by atoms with Crippen molar-refractivity contribution in [2.75, 3.05) is 38.1 Å². The van der Waals surface area contributed by atoms with Crippen LogP contribution in [0.25, 0.3) is 0 Å². The Morgan fingerprint density at radius 2 is 1.51 bits per heavy atom. The van der Waals surface area contributed by atoms with Gasteiger partial charge in [0.15, 0.2) is 5.79 Å². The van der Waals surface area contributed by atoms with Crippen LogP contribution in [0, 0.1) is 5.92 Å². The molecule has 7 nitrogen and oxygen atoms in total. The van der Waals surface area contributed by atoms with E-state index in [1.165, 1.54) is 39.0 Å². The first-order chi connectivity index (χ1) is 22.5. The van der Waals surface area contributed by atoms with Gasteiger partial charge in [0.1, 0.15) is 12.1 Å². The topological polar surface area (TPSA) is 79.3 Å². The van der Waals surface area contributed by atoms with Crippen LogP contribution in [0.2, 0.25) is 6.04 Å². The van der Waals surface area contributed by atoms with Gasteiger partial charge in [-0.25, -0.2) is 0 Å². The van der Waals surface area contributed by atoms with Crippen LogP contribution in [0.1, 0.15) is 105 Å². The smallest absolute Gasteiger partial charge is 0.311 e. The quantitative estimate of drug-likeness (QED) is 0.0376. The Kier molecular flexibility index (Phi) is 26.9. The van der Waals surface area contributed by atoms with Crippen LogP contribution < -0.4 is 0 Å². The molecule has 274 valence electrons. The van der Waals surface area contributed by atoms with Crippen LogP contribution in [0.15, 0.2) is 38.0 Å². The zero-order chi connectivity index (χ0) is 35.7. The number of ether oxygens (including phenoxy) is 2. The number of carbonyl (C=O) groups is 2. The Morgan fingerprint density at radius 1 is 0.979 bits per heavy atom. The number of rotatable bonds is 18. The van der Waals surface area contributed by atoms with Crippen molar-refractivity contribution in [1.29, 1.82) is 0 Å². The second-order valence-electron chi connectivity index (χ2n) is 12.4. The van der Waals surface area contributed by atoms with Crippen molar-refractivity contribution in [3.8, 4) is 0 Å². The third-order valence-electron chi connectivity index (χ3n) is 8.82. The number of alkyl halides is 2. The highest BCUT2D eigenvalue weighted by atomic mass is 35.6. The summed E-state index contributed by atoms with van der Waals surface area (Å²) in [5.74, 6) is 0.839. The Morgan fingerprint density at radius 3 is 1.91 bits per heavy atom. The number of ketones is 1. The summed E-state index contributed by atoms with van der Waals surface area (Å²) in [5, 5.41) is 9.65. The van der Waals surface area contributed by atoms with Crippen molar-refractivity contribution in [2.24, 2.45) is 5.92 Å². The molecule has 0 aromatic heterocycles. The number of nitrogens with zero attached hydrogens (tertiary/aromatic N) is 2. The van der Waals surface area contributed by atoms with Crippen molar-refractivity contribution >= 4 is 54.1 Å². The molecule has 0 spiro atoms. The molecule has 3 aliphatic rings. The summed E-state index contributed by atoms with van der Waals surface area (Å²) in [4.78, 5) is 20.8. The SMILES string of the molecule is C=CCCCCCl.C=CC[Si]1(Cl)N(CC)C2CCCC[C@@H]2N1CC.C=C[C@@H](CCCCCl)[C@@H](O)CC(C)=O.CC1(CC=O)OCCO1. The molecule has 2 saturated heterocycles. The third-order valence-corrected chi connectivity index (χ3v) is 15.0. The average molecular weight is 740 g/mol. The van der Waals surface area contributed by atoms with Gasteiger partial charge in [0.2, 0.25) is 0 Å². The molecule has 1 saturated carbocycles. The normalized spacial score (nSPS) is 24.5. The molecule has 5 atom stereocenters. The molecule has 0 aromatic carbocycles. The molecule has 0 amide bonds. The molecule has 2 heterocycles. The van der Waals surface area contributed by atoms with Crippen molar-refractivity contribution in [2.45, 2.75) is 135 Å². The monoisotopic (exact) mass is 738 g/mol. The van der Waals surface area contributed by atoms with Gasteiger partial charge in [-0.05, 0) is 71.9 Å². The van der Waals surface area contributed by atoms with Crippen LogP contribution in [-0.2, 0) is 19.1 Å². The number of carbonyl (C=O) groups excluding carboxylic acids is 2. The molecule has 3 fully saturated rings. The molecule has 2 unspecified atom stereocenters. The van der Waals surface area contributed by atoms with Crippen LogP contribution in [0.3, 0.4) is 0 Å². The van der Waals surface area contributed by atoms with E-state index < -0.39 is 19.6 Å². The van der Waals surface area contributed by atoms with E-state index in [1.54, 1.807) is 13.0 Å². The molecule has 2 aliphatic heterocycles. The number of aliphatic hydroxyl groups excluding tert-OH is 1. The Bertz CT molecular complexity index is 858. The number of unbranched alkanes of at least 4 members (excludes halogenated alkanes) is 3. The van der Waals surface area contributed by atoms with E-state index in [0.717, 1.165) is 75.5 Å². The predicted octanol–water partition coefficient (Wildman–Crippen LogP) is 8.78. The number of hydrogen-bond donors (Lipinski definition) is 1. The highest BCUT2D eigenvalue weighted by Gasteiger charge is 2.57. The molecule has 1 N–H and O–H groups in total. The number of halogens is 3. The Labute approximate surface area is 302 Å². The molecule has 3 rings (SSSR count). The maximum Gasteiger partial charge on any atom is 0.311 e. The van der Waals surface area contributed by atoms with E-state index in [9.17, 15) is 14.7 Å². The second-order valence-corrected chi connectivity index (χ2v) is 18.0. The van der Waals surface area contributed by atoms with Crippen LogP contribution in [-0.4, -0.2) is 96.1 Å². The van der Waals surface area contributed by atoms with Crippen molar-refractivity contribution in [3.05, 3.63) is 38.0 Å². The molecule has 1 aliphatic carbocycles. The molecular formula is C36H65Cl3N2O5Si. The summed E-state index contributed by atoms with van der Waals surface area (Å²) in [6.45, 7) is 22.4. The van der Waals surface area contributed by atoms with Gasteiger partial charge in [-0.2, -0.15) is 0 Å². The van der Waals surface area contributed by atoms with Crippen LogP contribution >= 0.6 is 34.3 Å². The summed E-state index contributed by atoms with van der Waals surface area (Å²) >= 11 is 18.0. The number of allylic oxidation sites excluding steroid dienone is 2. The molecule has 0 aromatic rings. The lowest BCUT2D eigenvalue weighted by Gasteiger charge is -2.35. The zero-order valence-electron chi connectivity index (χ0n) is 29.8. The number of hydrogen-bond acceptors (Lipinski definition) is 7. The maximum atomic E-state index is 10.8. The largest absolute Gasteiger partial charge is 0.392 e. The van der Waals surface area contributed by atoms with Crippen LogP contribution in [0.4, 0.5) is 0 Å². The number of fused-ring (bicyclic) bond motifs is 1. The van der Waals surface area contributed by atoms with E-state index >= 15 is 0 Å². The van der Waals surface area contributed by atoms with Gasteiger partial charge in [0.25, 0.3) is 0 Å². The highest BCUT2D eigenvalue weighted by molar-refractivity contribution is 7.17. The van der Waals surface area contributed by atoms with Gasteiger partial charge in [0.05, 0.1) is 25.7 Å². The van der Waals surface area contributed by atoms with E-state index in [-0.39, 0.29) is 18.1 Å².